The molecule has 1 fully saturated rings. The molecule has 8 nitrogen and oxygen atoms in total. The van der Waals surface area contributed by atoms with Crippen molar-refractivity contribution in [1.82, 2.24) is 15.5 Å². The highest BCUT2D eigenvalue weighted by Crippen LogP contribution is 2.42. The van der Waals surface area contributed by atoms with E-state index in [1.165, 1.54) is 6.92 Å². The van der Waals surface area contributed by atoms with Gasteiger partial charge in [0.25, 0.3) is 0 Å². The van der Waals surface area contributed by atoms with Crippen LogP contribution < -0.4 is 10.6 Å². The number of unbranched alkanes of at least 4 members (excludes halogenated alkanes) is 2. The number of carbonyl (C=O) groups excluding carboxylic acids is 2. The predicted octanol–water partition coefficient (Wildman–Crippen LogP) is 6.07. The van der Waals surface area contributed by atoms with Gasteiger partial charge in [0, 0.05) is 51.0 Å². The van der Waals surface area contributed by atoms with Crippen LogP contribution in [0, 0.1) is 5.92 Å². The molecule has 1 aliphatic heterocycles. The minimum atomic E-state index is -0.554. The molecule has 0 unspecified atom stereocenters. The van der Waals surface area contributed by atoms with Gasteiger partial charge in [-0.05, 0) is 59.8 Å². The minimum Gasteiger partial charge on any atom is -0.392 e. The Labute approximate surface area is 273 Å². The molecule has 0 spiro atoms. The quantitative estimate of drug-likeness (QED) is 0.132. The van der Waals surface area contributed by atoms with Gasteiger partial charge in [0.1, 0.15) is 0 Å². The number of aliphatic hydroxyl groups is 1. The van der Waals surface area contributed by atoms with Crippen LogP contribution in [0.15, 0.2) is 85.5 Å². The van der Waals surface area contributed by atoms with Crippen LogP contribution in [-0.2, 0) is 32.2 Å². The van der Waals surface area contributed by atoms with Crippen LogP contribution in [0.3, 0.4) is 0 Å². The zero-order chi connectivity index (χ0) is 32.9. The number of carbonyl (C=O) groups is 2. The molecule has 4 rings (SSSR count). The van der Waals surface area contributed by atoms with E-state index in [1.54, 1.807) is 0 Å². The molecular weight excluding hydrogens is 578 g/mol. The lowest BCUT2D eigenvalue weighted by atomic mass is 9.90. The highest BCUT2D eigenvalue weighted by molar-refractivity contribution is 5.76. The molecule has 4 atom stereocenters. The number of benzene rings is 3. The molecule has 3 aromatic rings. The van der Waals surface area contributed by atoms with Gasteiger partial charge in [-0.3, -0.25) is 9.59 Å². The summed E-state index contributed by atoms with van der Waals surface area (Å²) < 4.78 is 13.3. The number of nitrogens with zero attached hydrogens (tertiary/aromatic N) is 1. The lowest BCUT2D eigenvalue weighted by molar-refractivity contribution is -0.275. The Morgan fingerprint density at radius 2 is 1.65 bits per heavy atom. The van der Waals surface area contributed by atoms with Gasteiger partial charge in [-0.25, -0.2) is 0 Å². The number of likely N-dealkylation sites (N-methyl/N-ethyl adjacent to an activating group) is 1. The summed E-state index contributed by atoms with van der Waals surface area (Å²) >= 11 is 0. The first-order chi connectivity index (χ1) is 22.3. The zero-order valence-electron chi connectivity index (χ0n) is 27.4. The van der Waals surface area contributed by atoms with E-state index >= 15 is 0 Å². The highest BCUT2D eigenvalue weighted by Gasteiger charge is 2.38. The highest BCUT2D eigenvalue weighted by atomic mass is 16.7. The third-order valence-corrected chi connectivity index (χ3v) is 8.42. The first-order valence-corrected chi connectivity index (χ1v) is 16.3. The Kier molecular flexibility index (Phi) is 13.5. The van der Waals surface area contributed by atoms with E-state index in [9.17, 15) is 14.7 Å². The molecule has 0 radical (unpaired) electrons. The smallest absolute Gasteiger partial charge is 0.220 e. The number of amides is 2. The van der Waals surface area contributed by atoms with E-state index in [4.69, 9.17) is 9.47 Å². The Bertz CT molecular complexity index is 1430. The number of hydrogen-bond acceptors (Lipinski definition) is 6. The second-order valence-electron chi connectivity index (χ2n) is 12.2. The van der Waals surface area contributed by atoms with Gasteiger partial charge in [0.2, 0.25) is 11.8 Å². The third-order valence-electron chi connectivity index (χ3n) is 8.42. The maximum atomic E-state index is 12.4. The summed E-state index contributed by atoms with van der Waals surface area (Å²) in [6, 6.07) is 24.4. The van der Waals surface area contributed by atoms with Crippen LogP contribution in [0.5, 0.6) is 0 Å². The average Bonchev–Trinajstić information content (AvgIpc) is 3.06. The van der Waals surface area contributed by atoms with Crippen LogP contribution in [-0.4, -0.2) is 54.6 Å². The van der Waals surface area contributed by atoms with Crippen molar-refractivity contribution in [3.05, 3.63) is 108 Å². The van der Waals surface area contributed by atoms with E-state index in [0.29, 0.717) is 19.5 Å². The van der Waals surface area contributed by atoms with Crippen molar-refractivity contribution in [3.8, 4) is 11.1 Å². The van der Waals surface area contributed by atoms with E-state index in [2.05, 4.69) is 60.3 Å². The van der Waals surface area contributed by atoms with Crippen molar-refractivity contribution in [2.24, 2.45) is 5.92 Å². The minimum absolute atomic E-state index is 0.00452. The number of aliphatic hydroxyl groups excluding tert-OH is 1. The van der Waals surface area contributed by atoms with Gasteiger partial charge in [-0.15, -0.1) is 6.58 Å². The van der Waals surface area contributed by atoms with Crippen LogP contribution in [0.1, 0.15) is 74.2 Å². The zero-order valence-corrected chi connectivity index (χ0v) is 27.4. The monoisotopic (exact) mass is 627 g/mol. The summed E-state index contributed by atoms with van der Waals surface area (Å²) in [6.45, 7) is 10.2. The second kappa shape index (κ2) is 17.8. The molecule has 0 bridgehead atoms. The molecule has 246 valence electrons. The third kappa shape index (κ3) is 10.4. The van der Waals surface area contributed by atoms with Gasteiger partial charge in [0.15, 0.2) is 6.29 Å². The molecule has 3 aromatic carbocycles. The Morgan fingerprint density at radius 3 is 2.37 bits per heavy atom. The fraction of sp³-hybridized carbons (Fsp3) is 0.421. The number of nitrogens with one attached hydrogen (secondary N) is 2. The van der Waals surface area contributed by atoms with E-state index in [-0.39, 0.29) is 36.5 Å². The number of hydrogen-bond donors (Lipinski definition) is 3. The summed E-state index contributed by atoms with van der Waals surface area (Å²) in [4.78, 5) is 25.6. The lowest BCUT2D eigenvalue weighted by Gasteiger charge is -2.42. The molecule has 3 N–H and O–H groups in total. The van der Waals surface area contributed by atoms with Crippen molar-refractivity contribution < 1.29 is 24.2 Å². The standard InChI is InChI=1S/C38H49N3O5/c1-5-21-41(4)25-35-27(2)37(31-18-16-29(26-42)17-19-31)46-38(45-35)34-14-10-13-33(23-34)32-12-9-11-30(22-32)24-40-36(44)15-7-6-8-20-39-28(3)43/h5,9-14,16-19,22-23,27,35,37-38,42H,1,6-8,15,20-21,24-26H2,2-4H3,(H,39,43)(H,40,44)/t27-,35+,37+,38+/m1/s1. The van der Waals surface area contributed by atoms with Crippen LogP contribution >= 0.6 is 0 Å². The molecule has 0 aromatic heterocycles. The van der Waals surface area contributed by atoms with E-state index in [1.807, 2.05) is 54.6 Å². The Hall–Kier alpha value is -3.82. The Balaban J connectivity index is 1.44. The molecule has 46 heavy (non-hydrogen) atoms. The summed E-state index contributed by atoms with van der Waals surface area (Å²) in [7, 11) is 2.07. The lowest BCUT2D eigenvalue weighted by Crippen LogP contribution is -2.43. The second-order valence-corrected chi connectivity index (χ2v) is 12.2. The first-order valence-electron chi connectivity index (χ1n) is 16.3. The van der Waals surface area contributed by atoms with Gasteiger partial charge in [-0.1, -0.05) is 80.1 Å². The summed E-state index contributed by atoms with van der Waals surface area (Å²) in [6.07, 6.45) is 4.13. The van der Waals surface area contributed by atoms with Crippen molar-refractivity contribution in [3.63, 3.8) is 0 Å². The van der Waals surface area contributed by atoms with Crippen LogP contribution in [0.25, 0.3) is 11.1 Å². The fourth-order valence-corrected chi connectivity index (χ4v) is 5.80. The maximum Gasteiger partial charge on any atom is 0.220 e. The van der Waals surface area contributed by atoms with Crippen molar-refractivity contribution in [2.75, 3.05) is 26.7 Å². The molecule has 1 heterocycles. The molecule has 0 aliphatic carbocycles. The van der Waals surface area contributed by atoms with Gasteiger partial charge in [0.05, 0.1) is 18.8 Å². The topological polar surface area (TPSA) is 100 Å². The molecular formula is C38H49N3O5. The largest absolute Gasteiger partial charge is 0.392 e. The van der Waals surface area contributed by atoms with E-state index in [0.717, 1.165) is 65.7 Å². The van der Waals surface area contributed by atoms with Gasteiger partial charge < -0.3 is 30.1 Å². The SMILES string of the molecule is C=CCN(C)C[C@@H]1O[C@H](c2cccc(-c3cccc(CNC(=O)CCCCCNC(C)=O)c3)c2)O[C@H](c2ccc(CO)cc2)[C@@H]1C. The molecule has 2 amide bonds. The normalized spacial score (nSPS) is 19.5. The number of rotatable bonds is 16. The number of ether oxygens (including phenoxy) is 2. The Morgan fingerprint density at radius 1 is 0.913 bits per heavy atom. The van der Waals surface area contributed by atoms with E-state index < -0.39 is 6.29 Å². The summed E-state index contributed by atoms with van der Waals surface area (Å²) in [5.41, 5.74) is 5.99. The first kappa shape index (κ1) is 35.0. The molecule has 0 saturated carbocycles. The summed E-state index contributed by atoms with van der Waals surface area (Å²) in [5.74, 6) is 0.104. The summed E-state index contributed by atoms with van der Waals surface area (Å²) in [5, 5.41) is 15.4. The average molecular weight is 628 g/mol. The molecule has 1 aliphatic rings. The van der Waals surface area contributed by atoms with Gasteiger partial charge in [-0.2, -0.15) is 0 Å². The van der Waals surface area contributed by atoms with Crippen molar-refractivity contribution >= 4 is 11.8 Å². The van der Waals surface area contributed by atoms with Crippen molar-refractivity contribution in [1.29, 1.82) is 0 Å². The van der Waals surface area contributed by atoms with Crippen LogP contribution in [0.4, 0.5) is 0 Å². The predicted molar refractivity (Wildman–Crippen MR) is 182 cm³/mol. The van der Waals surface area contributed by atoms with Gasteiger partial charge >= 0.3 is 0 Å². The van der Waals surface area contributed by atoms with Crippen LogP contribution in [0.2, 0.25) is 0 Å². The molecule has 1 saturated heterocycles. The fourth-order valence-electron chi connectivity index (χ4n) is 5.80. The maximum absolute atomic E-state index is 12.4. The molecule has 8 heteroatoms. The van der Waals surface area contributed by atoms with Crippen molar-refractivity contribution in [2.45, 2.75) is 71.2 Å².